The second-order valence-corrected chi connectivity index (χ2v) is 2.72. The van der Waals surface area contributed by atoms with Gasteiger partial charge in [-0.2, -0.15) is 0 Å². The Morgan fingerprint density at radius 1 is 1.36 bits per heavy atom. The monoisotopic (exact) mass is 211 g/mol. The van der Waals surface area contributed by atoms with Gasteiger partial charge in [-0.05, 0) is 6.42 Å². The Bertz CT molecular complexity index is 185. The summed E-state index contributed by atoms with van der Waals surface area (Å²) in [6.45, 7) is -0.342. The predicted molar refractivity (Wildman–Crippen MR) is 41.0 cm³/mol. The van der Waals surface area contributed by atoms with Gasteiger partial charge in [-0.15, -0.1) is 5.06 Å². The van der Waals surface area contributed by atoms with E-state index < -0.39 is 18.1 Å². The molecule has 0 amide bonds. The van der Waals surface area contributed by atoms with E-state index in [0.717, 1.165) is 0 Å². The van der Waals surface area contributed by atoms with Crippen molar-refractivity contribution in [3.63, 3.8) is 0 Å². The van der Waals surface area contributed by atoms with Crippen molar-refractivity contribution in [3.05, 3.63) is 0 Å². The van der Waals surface area contributed by atoms with E-state index in [1.165, 1.54) is 0 Å². The van der Waals surface area contributed by atoms with Crippen LogP contribution in [0.5, 0.6) is 0 Å². The van der Waals surface area contributed by atoms with Crippen LogP contribution in [0.15, 0.2) is 0 Å². The predicted octanol–water partition coefficient (Wildman–Crippen LogP) is -2.86. The van der Waals surface area contributed by atoms with Crippen LogP contribution in [0.1, 0.15) is 6.42 Å². The Kier molecular flexibility index (Phi) is 4.91. The van der Waals surface area contributed by atoms with Crippen molar-refractivity contribution in [2.75, 3.05) is 6.54 Å². The van der Waals surface area contributed by atoms with E-state index in [2.05, 4.69) is 0 Å². The molecule has 0 aromatic heterocycles. The zero-order chi connectivity index (χ0) is 11.4. The van der Waals surface area contributed by atoms with Gasteiger partial charge in [0.2, 0.25) is 0 Å². The molecule has 1 heterocycles. The first-order chi connectivity index (χ1) is 6.37. The van der Waals surface area contributed by atoms with Crippen LogP contribution in [0.25, 0.3) is 0 Å². The Labute approximate surface area is 79.2 Å². The molecule has 0 radical (unpaired) electrons. The van der Waals surface area contributed by atoms with Crippen LogP contribution in [0.2, 0.25) is 0 Å². The SMILES string of the molecule is O=CO.OC1CCN(O)C(O)(O)C1O. The highest BCUT2D eigenvalue weighted by molar-refractivity contribution is 5.32. The topological polar surface area (TPSA) is 142 Å². The lowest BCUT2D eigenvalue weighted by atomic mass is 10.0. The van der Waals surface area contributed by atoms with Gasteiger partial charge >= 0.3 is 0 Å². The fraction of sp³-hybridized carbons (Fsp3) is 0.833. The van der Waals surface area contributed by atoms with Gasteiger partial charge in [0, 0.05) is 6.54 Å². The average molecular weight is 211 g/mol. The van der Waals surface area contributed by atoms with Crippen molar-refractivity contribution in [3.8, 4) is 0 Å². The van der Waals surface area contributed by atoms with Crippen molar-refractivity contribution in [1.29, 1.82) is 0 Å². The van der Waals surface area contributed by atoms with Crippen molar-refractivity contribution in [1.82, 2.24) is 5.06 Å². The maximum Gasteiger partial charge on any atom is 0.290 e. The number of carboxylic acid groups (broad SMARTS) is 1. The molecule has 0 saturated carbocycles. The van der Waals surface area contributed by atoms with E-state index in [1.54, 1.807) is 0 Å². The van der Waals surface area contributed by atoms with Crippen LogP contribution >= 0.6 is 0 Å². The average Bonchev–Trinajstić information content (AvgIpc) is 2.11. The molecule has 14 heavy (non-hydrogen) atoms. The highest BCUT2D eigenvalue weighted by Crippen LogP contribution is 2.21. The van der Waals surface area contributed by atoms with Gasteiger partial charge in [0.25, 0.3) is 12.4 Å². The second-order valence-electron chi connectivity index (χ2n) is 2.72. The normalized spacial score (nSPS) is 31.5. The third-order valence-electron chi connectivity index (χ3n) is 1.78. The molecule has 6 N–H and O–H groups in total. The zero-order valence-corrected chi connectivity index (χ0v) is 7.19. The number of nitrogens with zero attached hydrogens (tertiary/aromatic N) is 1. The van der Waals surface area contributed by atoms with Crippen LogP contribution in [-0.2, 0) is 4.79 Å². The van der Waals surface area contributed by atoms with Crippen LogP contribution in [0, 0.1) is 0 Å². The minimum absolute atomic E-state index is 0.0920. The minimum Gasteiger partial charge on any atom is -0.483 e. The summed E-state index contributed by atoms with van der Waals surface area (Å²) in [6.07, 6.45) is -2.88. The number of piperidine rings is 1. The fourth-order valence-electron chi connectivity index (χ4n) is 0.988. The first-order valence-electron chi connectivity index (χ1n) is 3.73. The summed E-state index contributed by atoms with van der Waals surface area (Å²) < 4.78 is 0. The van der Waals surface area contributed by atoms with Crippen molar-refractivity contribution in [2.45, 2.75) is 24.5 Å². The summed E-state index contributed by atoms with van der Waals surface area (Å²) in [5.41, 5.74) is 0. The molecule has 84 valence electrons. The number of hydrogen-bond acceptors (Lipinski definition) is 7. The molecule has 1 rings (SSSR count). The summed E-state index contributed by atoms with van der Waals surface area (Å²) in [7, 11) is 0. The number of carbonyl (C=O) groups is 1. The summed E-state index contributed by atoms with van der Waals surface area (Å²) in [5, 5.41) is 51.5. The van der Waals surface area contributed by atoms with Gasteiger partial charge in [0.1, 0.15) is 0 Å². The fourth-order valence-corrected chi connectivity index (χ4v) is 0.988. The molecule has 2 unspecified atom stereocenters. The Morgan fingerprint density at radius 3 is 2.14 bits per heavy atom. The highest BCUT2D eigenvalue weighted by atomic mass is 16.6. The molecule has 2 atom stereocenters. The Hall–Kier alpha value is -0.770. The van der Waals surface area contributed by atoms with Crippen LogP contribution in [0.4, 0.5) is 0 Å². The maximum atomic E-state index is 8.92. The quantitative estimate of drug-likeness (QED) is 0.185. The van der Waals surface area contributed by atoms with Gasteiger partial charge in [0.05, 0.1) is 6.10 Å². The van der Waals surface area contributed by atoms with Crippen molar-refractivity contribution in [2.24, 2.45) is 0 Å². The number of rotatable bonds is 0. The Balaban J connectivity index is 0.000000500. The molecule has 0 aromatic carbocycles. The van der Waals surface area contributed by atoms with Gasteiger partial charge in [0.15, 0.2) is 6.10 Å². The molecule has 8 nitrogen and oxygen atoms in total. The first-order valence-corrected chi connectivity index (χ1v) is 3.73. The van der Waals surface area contributed by atoms with Crippen LogP contribution in [-0.4, -0.2) is 66.9 Å². The van der Waals surface area contributed by atoms with Gasteiger partial charge in [-0.25, -0.2) is 0 Å². The van der Waals surface area contributed by atoms with E-state index in [0.29, 0.717) is 0 Å². The second kappa shape index (κ2) is 5.20. The smallest absolute Gasteiger partial charge is 0.290 e. The lowest BCUT2D eigenvalue weighted by Crippen LogP contribution is -2.63. The number of aliphatic hydroxyl groups is 4. The minimum atomic E-state index is -2.74. The third kappa shape index (κ3) is 2.87. The summed E-state index contributed by atoms with van der Waals surface area (Å²) in [5.74, 6) is -2.74. The van der Waals surface area contributed by atoms with E-state index in [1.807, 2.05) is 0 Å². The van der Waals surface area contributed by atoms with Gasteiger partial charge in [-0.3, -0.25) is 4.79 Å². The molecule has 8 heteroatoms. The number of hydrogen-bond donors (Lipinski definition) is 6. The van der Waals surface area contributed by atoms with E-state index >= 15 is 0 Å². The summed E-state index contributed by atoms with van der Waals surface area (Å²) >= 11 is 0. The highest BCUT2D eigenvalue weighted by Gasteiger charge is 2.47. The molecule has 1 aliphatic heterocycles. The molecule has 1 aliphatic rings. The van der Waals surface area contributed by atoms with Crippen LogP contribution < -0.4 is 0 Å². The van der Waals surface area contributed by atoms with Gasteiger partial charge in [-0.1, -0.05) is 0 Å². The molecular weight excluding hydrogens is 198 g/mol. The maximum absolute atomic E-state index is 8.92. The molecule has 0 aliphatic carbocycles. The van der Waals surface area contributed by atoms with E-state index in [9.17, 15) is 0 Å². The molecule has 0 spiro atoms. The molecule has 1 saturated heterocycles. The molecule has 0 aromatic rings. The Morgan fingerprint density at radius 2 is 1.79 bits per heavy atom. The molecule has 1 fully saturated rings. The lowest BCUT2D eigenvalue weighted by Gasteiger charge is -2.40. The van der Waals surface area contributed by atoms with E-state index in [-0.39, 0.29) is 24.5 Å². The zero-order valence-electron chi connectivity index (χ0n) is 7.19. The van der Waals surface area contributed by atoms with Crippen LogP contribution in [0.3, 0.4) is 0 Å². The van der Waals surface area contributed by atoms with Crippen molar-refractivity contribution < 1.29 is 35.5 Å². The number of hydroxylamine groups is 2. The summed E-state index contributed by atoms with van der Waals surface area (Å²) in [6, 6.07) is 0. The first kappa shape index (κ1) is 13.2. The van der Waals surface area contributed by atoms with Crippen molar-refractivity contribution >= 4 is 6.47 Å². The largest absolute Gasteiger partial charge is 0.483 e. The van der Waals surface area contributed by atoms with E-state index in [4.69, 9.17) is 35.5 Å². The molecule has 0 bridgehead atoms. The standard InChI is InChI=1S/C5H11NO5.CH2O2/c7-3-1-2-6(11)5(9,10)4(3)8;2-1-3/h3-4,7-11H,1-2H2;1H,(H,2,3). The molecular formula is C6H13NO7. The lowest BCUT2D eigenvalue weighted by molar-refractivity contribution is -0.414. The van der Waals surface area contributed by atoms with Gasteiger partial charge < -0.3 is 30.7 Å². The third-order valence-corrected chi connectivity index (χ3v) is 1.78. The summed E-state index contributed by atoms with van der Waals surface area (Å²) in [4.78, 5) is 8.36. The number of aliphatic hydroxyl groups excluding tert-OH is 2.